The van der Waals surface area contributed by atoms with E-state index < -0.39 is 22.5 Å². The number of aliphatic carboxylic acids is 1. The van der Waals surface area contributed by atoms with Crippen molar-refractivity contribution in [3.8, 4) is 0 Å². The van der Waals surface area contributed by atoms with Crippen LogP contribution in [0.25, 0.3) is 0 Å². The molecule has 0 amide bonds. The molecule has 1 atom stereocenters. The summed E-state index contributed by atoms with van der Waals surface area (Å²) in [7, 11) is -1.10. The van der Waals surface area contributed by atoms with E-state index >= 15 is 0 Å². The second kappa shape index (κ2) is 2.78. The lowest BCUT2D eigenvalue weighted by molar-refractivity contribution is -0.149. The molecule has 0 radical (unpaired) electrons. The van der Waals surface area contributed by atoms with Crippen molar-refractivity contribution >= 4 is 17.0 Å². The predicted octanol–water partition coefficient (Wildman–Crippen LogP) is 0.219. The van der Waals surface area contributed by atoms with Gasteiger partial charge in [-0.1, -0.05) is 6.92 Å². The van der Waals surface area contributed by atoms with Crippen LogP contribution >= 0.6 is 0 Å². The lowest BCUT2D eigenvalue weighted by Crippen LogP contribution is -2.53. The Kier molecular flexibility index (Phi) is 1.96. The highest BCUT2D eigenvalue weighted by atomic mass is 32.2. The number of carboxylic acid groups (broad SMARTS) is 1. The van der Waals surface area contributed by atoms with Crippen molar-refractivity contribution in [2.75, 3.05) is 12.3 Å². The summed E-state index contributed by atoms with van der Waals surface area (Å²) in [5.74, 6) is 0.177. The highest BCUT2D eigenvalue weighted by molar-refractivity contribution is 7.82. The molecule has 2 aliphatic heterocycles. The second-order valence-electron chi connectivity index (χ2n) is 3.78. The predicted molar refractivity (Wildman–Crippen MR) is 48.5 cm³/mol. The Morgan fingerprint density at radius 2 is 2.31 bits per heavy atom. The molecule has 2 heterocycles. The average molecular weight is 203 g/mol. The first kappa shape index (κ1) is 9.15. The largest absolute Gasteiger partial charge is 0.480 e. The number of rotatable bonds is 3. The maximum atomic E-state index is 11.5. The van der Waals surface area contributed by atoms with Crippen LogP contribution in [0.4, 0.5) is 0 Å². The Labute approximate surface area is 79.5 Å². The van der Waals surface area contributed by atoms with Gasteiger partial charge in [-0.05, 0) is 18.8 Å². The number of carboxylic acids is 1. The van der Waals surface area contributed by atoms with Gasteiger partial charge in [-0.25, -0.2) is 8.51 Å². The monoisotopic (exact) mass is 203 g/mol. The van der Waals surface area contributed by atoms with E-state index in [1.54, 1.807) is 4.31 Å². The molecule has 3 aliphatic rings. The highest BCUT2D eigenvalue weighted by Crippen LogP contribution is 2.51. The summed E-state index contributed by atoms with van der Waals surface area (Å²) in [5, 5.41) is 9.05. The van der Waals surface area contributed by atoms with Crippen molar-refractivity contribution in [1.29, 1.82) is 0 Å². The van der Waals surface area contributed by atoms with Crippen molar-refractivity contribution < 1.29 is 14.1 Å². The van der Waals surface area contributed by atoms with Crippen LogP contribution in [0.2, 0.25) is 0 Å². The third-order valence-corrected chi connectivity index (χ3v) is 4.53. The number of carbonyl (C=O) groups is 1. The second-order valence-corrected chi connectivity index (χ2v) is 5.44. The molecule has 0 spiro atoms. The third kappa shape index (κ3) is 1.07. The Morgan fingerprint density at radius 1 is 1.69 bits per heavy atom. The molecule has 1 unspecified atom stereocenters. The van der Waals surface area contributed by atoms with E-state index in [1.165, 1.54) is 0 Å². The summed E-state index contributed by atoms with van der Waals surface area (Å²) in [5.41, 5.74) is -0.772. The summed E-state index contributed by atoms with van der Waals surface area (Å²) < 4.78 is 13.2. The standard InChI is InChI=1S/C8H13NO3S/c1-2-13(12)9-5-6-3-8(9,4-6)7(10)11/h6H,2-5H2,1H3,(H,10,11). The maximum Gasteiger partial charge on any atom is 0.325 e. The normalized spacial score (nSPS) is 39.9. The molecule has 1 aliphatic carbocycles. The molecular weight excluding hydrogens is 190 g/mol. The summed E-state index contributed by atoms with van der Waals surface area (Å²) in [4.78, 5) is 11.0. The minimum atomic E-state index is -1.10. The lowest BCUT2D eigenvalue weighted by atomic mass is 9.74. The van der Waals surface area contributed by atoms with Crippen LogP contribution in [-0.4, -0.2) is 37.4 Å². The first-order valence-electron chi connectivity index (χ1n) is 4.49. The zero-order valence-corrected chi connectivity index (χ0v) is 8.34. The van der Waals surface area contributed by atoms with Crippen LogP contribution < -0.4 is 0 Å². The molecule has 0 aromatic rings. The van der Waals surface area contributed by atoms with Gasteiger partial charge in [0.05, 0.1) is 11.0 Å². The SMILES string of the molecule is CCS(=O)N1CC2CC1(C(=O)O)C2. The molecule has 5 heteroatoms. The van der Waals surface area contributed by atoms with Gasteiger partial charge in [0, 0.05) is 12.3 Å². The smallest absolute Gasteiger partial charge is 0.325 e. The van der Waals surface area contributed by atoms with Crippen molar-refractivity contribution in [3.63, 3.8) is 0 Å². The van der Waals surface area contributed by atoms with E-state index in [2.05, 4.69) is 0 Å². The topological polar surface area (TPSA) is 57.6 Å². The van der Waals surface area contributed by atoms with Crippen LogP contribution in [0.15, 0.2) is 0 Å². The fourth-order valence-corrected chi connectivity index (χ4v) is 3.66. The van der Waals surface area contributed by atoms with Gasteiger partial charge in [-0.15, -0.1) is 0 Å². The number of hydrogen-bond acceptors (Lipinski definition) is 2. The van der Waals surface area contributed by atoms with Crippen molar-refractivity contribution in [3.05, 3.63) is 0 Å². The van der Waals surface area contributed by atoms with Crippen LogP contribution in [0, 0.1) is 5.92 Å². The molecule has 3 rings (SSSR count). The Hall–Kier alpha value is -0.420. The fraction of sp³-hybridized carbons (Fsp3) is 0.875. The maximum absolute atomic E-state index is 11.5. The van der Waals surface area contributed by atoms with Crippen molar-refractivity contribution in [2.45, 2.75) is 25.3 Å². The summed E-state index contributed by atoms with van der Waals surface area (Å²) in [6, 6.07) is 0. The Morgan fingerprint density at radius 3 is 2.77 bits per heavy atom. The van der Waals surface area contributed by atoms with Crippen molar-refractivity contribution in [1.82, 2.24) is 4.31 Å². The van der Waals surface area contributed by atoms with Gasteiger partial charge in [-0.3, -0.25) is 4.79 Å². The van der Waals surface area contributed by atoms with Gasteiger partial charge in [0.2, 0.25) is 0 Å². The molecule has 2 bridgehead atoms. The first-order chi connectivity index (χ1) is 6.10. The summed E-state index contributed by atoms with van der Waals surface area (Å²) in [6.07, 6.45) is 1.38. The quantitative estimate of drug-likeness (QED) is 0.713. The van der Waals surface area contributed by atoms with Gasteiger partial charge >= 0.3 is 5.97 Å². The van der Waals surface area contributed by atoms with Gasteiger partial charge in [-0.2, -0.15) is 0 Å². The molecular formula is C8H13NO3S. The molecule has 1 saturated carbocycles. The Bertz CT molecular complexity index is 273. The molecule has 74 valence electrons. The number of nitrogens with zero attached hydrogens (tertiary/aromatic N) is 1. The summed E-state index contributed by atoms with van der Waals surface area (Å²) >= 11 is 0. The van der Waals surface area contributed by atoms with Crippen LogP contribution in [-0.2, 0) is 15.8 Å². The van der Waals surface area contributed by atoms with E-state index in [4.69, 9.17) is 5.11 Å². The molecule has 0 aromatic heterocycles. The van der Waals surface area contributed by atoms with Gasteiger partial charge < -0.3 is 5.11 Å². The van der Waals surface area contributed by atoms with Crippen LogP contribution in [0.1, 0.15) is 19.8 Å². The Balaban J connectivity index is 2.22. The molecule has 13 heavy (non-hydrogen) atoms. The van der Waals surface area contributed by atoms with Gasteiger partial charge in [0.25, 0.3) is 0 Å². The third-order valence-electron chi connectivity index (χ3n) is 3.05. The fourth-order valence-electron chi connectivity index (χ4n) is 2.35. The van der Waals surface area contributed by atoms with Gasteiger partial charge in [0.15, 0.2) is 0 Å². The summed E-state index contributed by atoms with van der Waals surface area (Å²) in [6.45, 7) is 2.52. The molecule has 2 saturated heterocycles. The van der Waals surface area contributed by atoms with Crippen molar-refractivity contribution in [2.24, 2.45) is 5.92 Å². The molecule has 3 fully saturated rings. The average Bonchev–Trinajstić information content (AvgIpc) is 2.55. The highest BCUT2D eigenvalue weighted by Gasteiger charge is 2.62. The van der Waals surface area contributed by atoms with Crippen LogP contribution in [0.3, 0.4) is 0 Å². The molecule has 1 N–H and O–H groups in total. The van der Waals surface area contributed by atoms with E-state index in [1.807, 2.05) is 6.92 Å². The zero-order chi connectivity index (χ0) is 9.64. The zero-order valence-electron chi connectivity index (χ0n) is 7.52. The van der Waals surface area contributed by atoms with Crippen LogP contribution in [0.5, 0.6) is 0 Å². The number of hydrogen-bond donors (Lipinski definition) is 1. The van der Waals surface area contributed by atoms with E-state index in [-0.39, 0.29) is 0 Å². The molecule has 4 nitrogen and oxygen atoms in total. The van der Waals surface area contributed by atoms with E-state index in [0.29, 0.717) is 31.1 Å². The molecule has 0 aromatic carbocycles. The van der Waals surface area contributed by atoms with Gasteiger partial charge in [0.1, 0.15) is 5.54 Å². The number of fused-ring (bicyclic) bond motifs is 1. The first-order valence-corrected chi connectivity index (χ1v) is 5.77. The lowest BCUT2D eigenvalue weighted by Gasteiger charge is -2.36. The van der Waals surface area contributed by atoms with E-state index in [0.717, 1.165) is 0 Å². The van der Waals surface area contributed by atoms with E-state index in [9.17, 15) is 9.00 Å². The minimum Gasteiger partial charge on any atom is -0.480 e. The minimum absolute atomic E-state index is 0.464.